The summed E-state index contributed by atoms with van der Waals surface area (Å²) in [4.78, 5) is 27.2. The van der Waals surface area contributed by atoms with Gasteiger partial charge in [0.25, 0.3) is 11.8 Å². The van der Waals surface area contributed by atoms with Crippen LogP contribution in [-0.2, 0) is 11.0 Å². The molecule has 1 aliphatic heterocycles. The Morgan fingerprint density at radius 3 is 2.68 bits per heavy atom. The van der Waals surface area contributed by atoms with Crippen LogP contribution in [0.5, 0.6) is 0 Å². The van der Waals surface area contributed by atoms with E-state index in [1.54, 1.807) is 19.2 Å². The van der Waals surface area contributed by atoms with Gasteiger partial charge >= 0.3 is 6.18 Å². The van der Waals surface area contributed by atoms with Crippen molar-refractivity contribution in [3.63, 3.8) is 0 Å². The maximum absolute atomic E-state index is 13.1. The highest BCUT2D eigenvalue weighted by atomic mass is 32.1. The molecule has 28 heavy (non-hydrogen) atoms. The Bertz CT molecular complexity index is 1020. The molecule has 1 aromatic heterocycles. The molecule has 6 nitrogen and oxygen atoms in total. The summed E-state index contributed by atoms with van der Waals surface area (Å²) < 4.78 is 39.3. The second-order valence-corrected chi connectivity index (χ2v) is 7.23. The Kier molecular flexibility index (Phi) is 4.91. The largest absolute Gasteiger partial charge is 0.427 e. The molecule has 2 heterocycles. The number of rotatable bonds is 2. The van der Waals surface area contributed by atoms with Crippen molar-refractivity contribution in [2.45, 2.75) is 18.2 Å². The Morgan fingerprint density at radius 2 is 2.14 bits per heavy atom. The molecule has 1 aromatic carbocycles. The molecule has 1 atom stereocenters. The third-order valence-corrected chi connectivity index (χ3v) is 5.30. The van der Waals surface area contributed by atoms with Crippen LogP contribution in [0.25, 0.3) is 10.6 Å². The number of halogens is 3. The number of hydrogen-bond donors (Lipinski definition) is 2. The monoisotopic (exact) mass is 409 g/mol. The number of aliphatic hydroxyl groups is 1. The Balaban J connectivity index is 1.97. The number of likely N-dealkylation sites (tertiary alicyclic amines) is 1. The fourth-order valence-electron chi connectivity index (χ4n) is 2.68. The first-order valence-electron chi connectivity index (χ1n) is 8.00. The number of nitrogens with two attached hydrogens (primary N) is 1. The first-order chi connectivity index (χ1) is 13.0. The van der Waals surface area contributed by atoms with Crippen molar-refractivity contribution in [3.8, 4) is 22.4 Å². The molecule has 0 aliphatic carbocycles. The van der Waals surface area contributed by atoms with Crippen molar-refractivity contribution in [2.24, 2.45) is 5.73 Å². The van der Waals surface area contributed by atoms with E-state index in [0.29, 0.717) is 29.0 Å². The van der Waals surface area contributed by atoms with Gasteiger partial charge in [-0.15, -0.1) is 11.3 Å². The van der Waals surface area contributed by atoms with E-state index in [1.165, 1.54) is 17.0 Å². The van der Waals surface area contributed by atoms with Crippen molar-refractivity contribution in [2.75, 3.05) is 13.6 Å². The van der Waals surface area contributed by atoms with E-state index >= 15 is 0 Å². The maximum Gasteiger partial charge on any atom is 0.427 e. The average molecular weight is 409 g/mol. The average Bonchev–Trinajstić information content (AvgIpc) is 3.19. The zero-order valence-electron chi connectivity index (χ0n) is 14.5. The van der Waals surface area contributed by atoms with E-state index in [-0.39, 0.29) is 11.4 Å². The van der Waals surface area contributed by atoms with E-state index in [4.69, 9.17) is 5.73 Å². The Hall–Kier alpha value is -2.90. The predicted octanol–water partition coefficient (Wildman–Crippen LogP) is 1.87. The van der Waals surface area contributed by atoms with Crippen LogP contribution in [-0.4, -0.2) is 46.0 Å². The van der Waals surface area contributed by atoms with Gasteiger partial charge in [-0.05, 0) is 12.1 Å². The number of thiazole rings is 1. The molecule has 1 fully saturated rings. The van der Waals surface area contributed by atoms with Crippen LogP contribution in [0.1, 0.15) is 27.3 Å². The van der Waals surface area contributed by atoms with Gasteiger partial charge in [-0.1, -0.05) is 24.0 Å². The molecule has 10 heteroatoms. The molecule has 2 aromatic rings. The fourth-order valence-corrected chi connectivity index (χ4v) is 3.61. The number of nitrogens with zero attached hydrogens (tertiary/aromatic N) is 2. The summed E-state index contributed by atoms with van der Waals surface area (Å²) in [7, 11) is 1.56. The van der Waals surface area contributed by atoms with Crippen LogP contribution in [0.15, 0.2) is 24.3 Å². The third kappa shape index (κ3) is 3.72. The number of hydrogen-bond acceptors (Lipinski definition) is 5. The van der Waals surface area contributed by atoms with E-state index in [9.17, 15) is 27.9 Å². The van der Waals surface area contributed by atoms with E-state index in [0.717, 1.165) is 0 Å². The van der Waals surface area contributed by atoms with Gasteiger partial charge in [-0.25, -0.2) is 4.98 Å². The summed E-state index contributed by atoms with van der Waals surface area (Å²) in [6, 6.07) is 6.10. The molecule has 3 N–H and O–H groups in total. The van der Waals surface area contributed by atoms with Crippen LogP contribution >= 0.6 is 11.3 Å². The molecule has 0 radical (unpaired) electrons. The van der Waals surface area contributed by atoms with E-state index < -0.39 is 34.2 Å². The SMILES string of the molecule is CN1CC[C@@](O)(C#Cc2cccc(-c3nc(C(N)=O)c(C(F)(F)F)s3)c2)C1=O. The number of aromatic nitrogens is 1. The number of benzene rings is 1. The quantitative estimate of drug-likeness (QED) is 0.741. The molecule has 146 valence electrons. The minimum absolute atomic E-state index is 0.0415. The Morgan fingerprint density at radius 1 is 1.43 bits per heavy atom. The number of amides is 2. The standard InChI is InChI=1S/C18H14F3N3O3S/c1-24-8-7-17(27,16(24)26)6-5-10-3-2-4-11(9-10)15-23-12(14(22)25)13(28-15)18(19,20)21/h2-4,9,27H,7-8H2,1H3,(H2,22,25)/t17-/m0/s1. The number of primary amides is 1. The van der Waals surface area contributed by atoms with Crippen LogP contribution in [0, 0.1) is 11.8 Å². The van der Waals surface area contributed by atoms with Crippen molar-refractivity contribution >= 4 is 23.2 Å². The number of carbonyl (C=O) groups excluding carboxylic acids is 2. The van der Waals surface area contributed by atoms with Gasteiger partial charge in [-0.3, -0.25) is 9.59 Å². The molecule has 1 saturated heterocycles. The van der Waals surface area contributed by atoms with Crippen LogP contribution in [0.2, 0.25) is 0 Å². The van der Waals surface area contributed by atoms with Crippen molar-refractivity contribution in [1.29, 1.82) is 0 Å². The predicted molar refractivity (Wildman–Crippen MR) is 95.2 cm³/mol. The second kappa shape index (κ2) is 6.92. The summed E-state index contributed by atoms with van der Waals surface area (Å²) in [5, 5.41) is 10.3. The lowest BCUT2D eigenvalue weighted by Crippen LogP contribution is -2.37. The van der Waals surface area contributed by atoms with E-state index in [1.807, 2.05) is 0 Å². The molecule has 0 unspecified atom stereocenters. The zero-order valence-corrected chi connectivity index (χ0v) is 15.3. The number of likely N-dealkylation sites (N-methyl/N-ethyl adjacent to an activating group) is 1. The zero-order chi connectivity index (χ0) is 20.7. The van der Waals surface area contributed by atoms with Gasteiger partial charge in [0.1, 0.15) is 9.88 Å². The van der Waals surface area contributed by atoms with Gasteiger partial charge < -0.3 is 15.7 Å². The van der Waals surface area contributed by atoms with Crippen molar-refractivity contribution in [3.05, 3.63) is 40.4 Å². The lowest BCUT2D eigenvalue weighted by atomic mass is 10.0. The highest BCUT2D eigenvalue weighted by Crippen LogP contribution is 2.39. The highest BCUT2D eigenvalue weighted by molar-refractivity contribution is 7.15. The summed E-state index contributed by atoms with van der Waals surface area (Å²) in [5.41, 5.74) is 3.06. The molecule has 2 amide bonds. The number of carbonyl (C=O) groups is 2. The Labute approximate surface area is 161 Å². The van der Waals surface area contributed by atoms with Gasteiger partial charge in [0.2, 0.25) is 5.60 Å². The lowest BCUT2D eigenvalue weighted by molar-refractivity contribution is -0.137. The van der Waals surface area contributed by atoms with Gasteiger partial charge in [0, 0.05) is 31.1 Å². The fraction of sp³-hybridized carbons (Fsp3) is 0.278. The number of alkyl halides is 3. The first-order valence-corrected chi connectivity index (χ1v) is 8.82. The summed E-state index contributed by atoms with van der Waals surface area (Å²) in [5.74, 6) is 3.44. The molecule has 0 saturated carbocycles. The molecular weight excluding hydrogens is 395 g/mol. The summed E-state index contributed by atoms with van der Waals surface area (Å²) in [6.07, 6.45) is -4.59. The molecule has 3 rings (SSSR count). The molecule has 1 aliphatic rings. The maximum atomic E-state index is 13.1. The first kappa shape index (κ1) is 19.9. The molecule has 0 spiro atoms. The van der Waals surface area contributed by atoms with Crippen molar-refractivity contribution < 1.29 is 27.9 Å². The smallest absolute Gasteiger partial charge is 0.369 e. The minimum Gasteiger partial charge on any atom is -0.369 e. The second-order valence-electron chi connectivity index (χ2n) is 6.23. The minimum atomic E-state index is -4.75. The van der Waals surface area contributed by atoms with Gasteiger partial charge in [0.15, 0.2) is 5.69 Å². The van der Waals surface area contributed by atoms with Crippen molar-refractivity contribution in [1.82, 2.24) is 9.88 Å². The third-order valence-electron chi connectivity index (χ3n) is 4.15. The van der Waals surface area contributed by atoms with Gasteiger partial charge in [-0.2, -0.15) is 13.2 Å². The highest BCUT2D eigenvalue weighted by Gasteiger charge is 2.42. The van der Waals surface area contributed by atoms with E-state index in [2.05, 4.69) is 16.8 Å². The van der Waals surface area contributed by atoms with Crippen LogP contribution in [0.4, 0.5) is 13.2 Å². The molecule has 0 bridgehead atoms. The van der Waals surface area contributed by atoms with Crippen LogP contribution < -0.4 is 5.73 Å². The topological polar surface area (TPSA) is 96.5 Å². The van der Waals surface area contributed by atoms with Crippen LogP contribution in [0.3, 0.4) is 0 Å². The lowest BCUT2D eigenvalue weighted by Gasteiger charge is -2.13. The van der Waals surface area contributed by atoms with Gasteiger partial charge in [0.05, 0.1) is 0 Å². The summed E-state index contributed by atoms with van der Waals surface area (Å²) in [6.45, 7) is 0.374. The normalized spacial score (nSPS) is 19.5. The summed E-state index contributed by atoms with van der Waals surface area (Å²) >= 11 is 0.305. The molecular formula is C18H14F3N3O3S.